The van der Waals surface area contributed by atoms with Crippen LogP contribution in [0.15, 0.2) is 54.6 Å². The molecule has 0 aromatic heterocycles. The second kappa shape index (κ2) is 7.00. The van der Waals surface area contributed by atoms with Gasteiger partial charge >= 0.3 is 0 Å². The van der Waals surface area contributed by atoms with E-state index in [0.29, 0.717) is 18.8 Å². The van der Waals surface area contributed by atoms with Crippen LogP contribution in [-0.4, -0.2) is 24.8 Å². The van der Waals surface area contributed by atoms with Crippen molar-refractivity contribution in [3.8, 4) is 12.3 Å². The molecule has 1 heterocycles. The lowest BCUT2D eigenvalue weighted by molar-refractivity contribution is -0.140. The molecule has 1 amide bonds. The van der Waals surface area contributed by atoms with E-state index in [-0.39, 0.29) is 11.8 Å². The number of terminal acetylenes is 1. The number of ether oxygens (including phenoxy) is 1. The van der Waals surface area contributed by atoms with Crippen molar-refractivity contribution in [3.05, 3.63) is 60.2 Å². The van der Waals surface area contributed by atoms with Crippen molar-refractivity contribution in [2.75, 3.05) is 23.4 Å². The SMILES string of the molecule is C#Cc1cccc(NC(=O)C2(C(C)C)OCCN2c2ccccc2)c1. The van der Waals surface area contributed by atoms with Crippen LogP contribution >= 0.6 is 0 Å². The molecule has 4 nitrogen and oxygen atoms in total. The summed E-state index contributed by atoms with van der Waals surface area (Å²) in [6, 6.07) is 17.2. The Kier molecular flexibility index (Phi) is 4.78. The number of nitrogens with one attached hydrogen (secondary N) is 1. The second-order valence-corrected chi connectivity index (χ2v) is 6.37. The molecule has 1 aliphatic heterocycles. The van der Waals surface area contributed by atoms with Crippen molar-refractivity contribution >= 4 is 17.3 Å². The minimum Gasteiger partial charge on any atom is -0.345 e. The fourth-order valence-electron chi connectivity index (χ4n) is 3.30. The Morgan fingerprint density at radius 1 is 1.24 bits per heavy atom. The van der Waals surface area contributed by atoms with Gasteiger partial charge in [0.1, 0.15) is 0 Å². The Morgan fingerprint density at radius 2 is 2.00 bits per heavy atom. The average Bonchev–Trinajstić information content (AvgIpc) is 3.09. The van der Waals surface area contributed by atoms with Crippen molar-refractivity contribution in [1.82, 2.24) is 0 Å². The maximum atomic E-state index is 13.2. The van der Waals surface area contributed by atoms with Gasteiger partial charge in [0.05, 0.1) is 6.61 Å². The second-order valence-electron chi connectivity index (χ2n) is 6.37. The predicted octanol–water partition coefficient (Wildman–Crippen LogP) is 3.50. The third-order valence-corrected chi connectivity index (χ3v) is 4.50. The standard InChI is InChI=1S/C21H22N2O2/c1-4-17-9-8-10-18(15-17)22-20(24)21(16(2)3)23(13-14-25-21)19-11-6-5-7-12-19/h1,5-12,15-16H,13-14H2,2-3H3,(H,22,24). The van der Waals surface area contributed by atoms with Crippen LogP contribution in [0.2, 0.25) is 0 Å². The summed E-state index contributed by atoms with van der Waals surface area (Å²) < 4.78 is 6.03. The first-order valence-electron chi connectivity index (χ1n) is 8.42. The lowest BCUT2D eigenvalue weighted by Gasteiger charge is -2.40. The van der Waals surface area contributed by atoms with E-state index in [4.69, 9.17) is 11.2 Å². The van der Waals surface area contributed by atoms with Gasteiger partial charge in [-0.3, -0.25) is 4.79 Å². The van der Waals surface area contributed by atoms with E-state index in [0.717, 1.165) is 11.3 Å². The third-order valence-electron chi connectivity index (χ3n) is 4.50. The zero-order valence-corrected chi connectivity index (χ0v) is 14.5. The lowest BCUT2D eigenvalue weighted by Crippen LogP contribution is -2.58. The fourth-order valence-corrected chi connectivity index (χ4v) is 3.30. The molecule has 0 saturated carbocycles. The largest absolute Gasteiger partial charge is 0.345 e. The summed E-state index contributed by atoms with van der Waals surface area (Å²) in [5.74, 6) is 2.37. The number of carbonyl (C=O) groups excluding carboxylic acids is 1. The molecule has 25 heavy (non-hydrogen) atoms. The van der Waals surface area contributed by atoms with E-state index < -0.39 is 5.72 Å². The van der Waals surface area contributed by atoms with Gasteiger partial charge in [-0.2, -0.15) is 0 Å². The number of hydrogen-bond donors (Lipinski definition) is 1. The number of nitrogens with zero attached hydrogens (tertiary/aromatic N) is 1. The first kappa shape index (κ1) is 17.1. The molecule has 1 unspecified atom stereocenters. The molecule has 1 fully saturated rings. The number of para-hydroxylation sites is 1. The van der Waals surface area contributed by atoms with Gasteiger partial charge in [-0.15, -0.1) is 6.42 Å². The van der Waals surface area contributed by atoms with E-state index in [1.54, 1.807) is 6.07 Å². The monoisotopic (exact) mass is 334 g/mol. The minimum absolute atomic E-state index is 0.0361. The van der Waals surface area contributed by atoms with E-state index in [1.807, 2.05) is 67.3 Å². The Hall–Kier alpha value is -2.77. The quantitative estimate of drug-likeness (QED) is 0.870. The molecule has 4 heteroatoms. The van der Waals surface area contributed by atoms with Crippen molar-refractivity contribution in [2.24, 2.45) is 5.92 Å². The number of hydrogen-bond acceptors (Lipinski definition) is 3. The highest BCUT2D eigenvalue weighted by molar-refractivity contribution is 6.00. The van der Waals surface area contributed by atoms with Gasteiger partial charge in [0.2, 0.25) is 5.72 Å². The number of rotatable bonds is 4. The molecule has 1 saturated heterocycles. The van der Waals surface area contributed by atoms with Crippen LogP contribution in [0.1, 0.15) is 19.4 Å². The van der Waals surface area contributed by atoms with Gasteiger partial charge < -0.3 is 15.0 Å². The van der Waals surface area contributed by atoms with Gasteiger partial charge in [0, 0.05) is 29.4 Å². The Balaban J connectivity index is 1.94. The fraction of sp³-hybridized carbons (Fsp3) is 0.286. The maximum absolute atomic E-state index is 13.2. The molecule has 128 valence electrons. The van der Waals surface area contributed by atoms with Gasteiger partial charge in [-0.1, -0.05) is 44.0 Å². The predicted molar refractivity (Wildman–Crippen MR) is 100 cm³/mol. The summed E-state index contributed by atoms with van der Waals surface area (Å²) in [5.41, 5.74) is 1.32. The first-order valence-corrected chi connectivity index (χ1v) is 8.42. The van der Waals surface area contributed by atoms with E-state index in [2.05, 4.69) is 11.2 Å². The van der Waals surface area contributed by atoms with Crippen molar-refractivity contribution in [1.29, 1.82) is 0 Å². The zero-order valence-electron chi connectivity index (χ0n) is 14.5. The average molecular weight is 334 g/mol. The van der Waals surface area contributed by atoms with Gasteiger partial charge in [-0.25, -0.2) is 0 Å². The van der Waals surface area contributed by atoms with Gasteiger partial charge in [-0.05, 0) is 30.3 Å². The highest BCUT2D eigenvalue weighted by Gasteiger charge is 2.51. The topological polar surface area (TPSA) is 41.6 Å². The Bertz CT molecular complexity index is 795. The summed E-state index contributed by atoms with van der Waals surface area (Å²) >= 11 is 0. The summed E-state index contributed by atoms with van der Waals surface area (Å²) in [6.45, 7) is 5.17. The van der Waals surface area contributed by atoms with E-state index >= 15 is 0 Å². The molecule has 2 aromatic rings. The number of anilines is 2. The summed E-state index contributed by atoms with van der Waals surface area (Å²) in [7, 11) is 0. The normalized spacial score (nSPS) is 19.7. The van der Waals surface area contributed by atoms with Crippen molar-refractivity contribution in [3.63, 3.8) is 0 Å². The smallest absolute Gasteiger partial charge is 0.278 e. The zero-order chi connectivity index (χ0) is 17.9. The first-order chi connectivity index (χ1) is 12.1. The van der Waals surface area contributed by atoms with Crippen LogP contribution in [-0.2, 0) is 9.53 Å². The summed E-state index contributed by atoms with van der Waals surface area (Å²) in [4.78, 5) is 15.3. The van der Waals surface area contributed by atoms with Crippen LogP contribution in [0, 0.1) is 18.3 Å². The van der Waals surface area contributed by atoms with Crippen LogP contribution in [0.4, 0.5) is 11.4 Å². The molecule has 1 aliphatic rings. The lowest BCUT2D eigenvalue weighted by atomic mass is 9.96. The number of carbonyl (C=O) groups is 1. The van der Waals surface area contributed by atoms with Gasteiger partial charge in [0.15, 0.2) is 0 Å². The molecular formula is C21H22N2O2. The molecule has 0 radical (unpaired) electrons. The molecule has 3 rings (SSSR count). The van der Waals surface area contributed by atoms with E-state index in [9.17, 15) is 4.79 Å². The summed E-state index contributed by atoms with van der Waals surface area (Å²) in [6.07, 6.45) is 5.45. The molecule has 0 spiro atoms. The maximum Gasteiger partial charge on any atom is 0.278 e. The van der Waals surface area contributed by atoms with Crippen LogP contribution in [0.25, 0.3) is 0 Å². The van der Waals surface area contributed by atoms with Crippen LogP contribution < -0.4 is 10.2 Å². The van der Waals surface area contributed by atoms with Crippen LogP contribution in [0.3, 0.4) is 0 Å². The highest BCUT2D eigenvalue weighted by atomic mass is 16.5. The van der Waals surface area contributed by atoms with Crippen LogP contribution in [0.5, 0.6) is 0 Å². The van der Waals surface area contributed by atoms with E-state index in [1.165, 1.54) is 0 Å². The Labute approximate surface area is 148 Å². The third kappa shape index (κ3) is 3.11. The number of benzene rings is 2. The van der Waals surface area contributed by atoms with Crippen molar-refractivity contribution < 1.29 is 9.53 Å². The Morgan fingerprint density at radius 3 is 2.68 bits per heavy atom. The highest BCUT2D eigenvalue weighted by Crippen LogP contribution is 2.36. The summed E-state index contributed by atoms with van der Waals surface area (Å²) in [5, 5.41) is 2.98. The minimum atomic E-state index is -1.05. The van der Waals surface area contributed by atoms with Crippen molar-refractivity contribution in [2.45, 2.75) is 19.6 Å². The molecular weight excluding hydrogens is 312 g/mol. The molecule has 2 aromatic carbocycles. The molecule has 0 aliphatic carbocycles. The van der Waals surface area contributed by atoms with Gasteiger partial charge in [0.25, 0.3) is 5.91 Å². The molecule has 1 atom stereocenters. The molecule has 1 N–H and O–H groups in total. The molecule has 0 bridgehead atoms. The number of amides is 1.